The Kier molecular flexibility index (Phi) is 6.53. The van der Waals surface area contributed by atoms with Crippen LogP contribution in [-0.2, 0) is 0 Å². The van der Waals surface area contributed by atoms with Crippen molar-refractivity contribution in [1.29, 1.82) is 0 Å². The number of rotatable bonds is 4. The van der Waals surface area contributed by atoms with Crippen LogP contribution in [0.25, 0.3) is 93.6 Å². The molecule has 0 bridgehead atoms. The molecule has 13 rings (SSSR count). The van der Waals surface area contributed by atoms with Gasteiger partial charge in [-0.15, -0.1) is 0 Å². The molecule has 11 aromatic rings. The summed E-state index contributed by atoms with van der Waals surface area (Å²) in [7, 11) is 0. The van der Waals surface area contributed by atoms with Crippen LogP contribution in [-0.4, -0.2) is 10.6 Å². The molecule has 2 aliphatic rings. The van der Waals surface area contributed by atoms with Crippen LogP contribution in [0.2, 0.25) is 0 Å². The number of furan rings is 2. The first kappa shape index (κ1) is 31.6. The van der Waals surface area contributed by atoms with Gasteiger partial charge in [0.15, 0.2) is 0 Å². The second-order valence-corrected chi connectivity index (χ2v) is 15.6. The molecule has 0 spiro atoms. The number of allylic oxidation sites excluding steroid dienone is 2. The van der Waals surface area contributed by atoms with Crippen LogP contribution < -0.4 is 4.90 Å². The number of anilines is 2. The van der Waals surface area contributed by atoms with Crippen LogP contribution in [0.3, 0.4) is 0 Å². The zero-order valence-corrected chi connectivity index (χ0v) is 31.3. The van der Waals surface area contributed by atoms with E-state index < -0.39 is 0 Å². The van der Waals surface area contributed by atoms with E-state index in [0.717, 1.165) is 77.1 Å². The van der Waals surface area contributed by atoms with Crippen molar-refractivity contribution >= 4 is 77.1 Å². The lowest BCUT2D eigenvalue weighted by molar-refractivity contribution is 0.669. The van der Waals surface area contributed by atoms with Gasteiger partial charge in [0.1, 0.15) is 22.3 Å². The Labute approximate surface area is 333 Å². The molecule has 272 valence electrons. The Morgan fingerprint density at radius 2 is 1.09 bits per heavy atom. The molecule has 1 aliphatic heterocycles. The van der Waals surface area contributed by atoms with Crippen LogP contribution in [0, 0.1) is 0 Å². The maximum Gasteiger partial charge on any atom is 0.145 e. The number of benzene rings is 8. The molecular formula is C54H34N2O2. The van der Waals surface area contributed by atoms with Crippen molar-refractivity contribution in [2.75, 3.05) is 4.90 Å². The molecule has 4 nitrogen and oxygen atoms in total. The Morgan fingerprint density at radius 1 is 0.414 bits per heavy atom. The van der Waals surface area contributed by atoms with Gasteiger partial charge < -0.3 is 18.3 Å². The quantitative estimate of drug-likeness (QED) is 0.180. The highest BCUT2D eigenvalue weighted by molar-refractivity contribution is 6.24. The summed E-state index contributed by atoms with van der Waals surface area (Å²) in [6.45, 7) is 0. The minimum atomic E-state index is 0.261. The van der Waals surface area contributed by atoms with E-state index in [1.165, 1.54) is 33.5 Å². The summed E-state index contributed by atoms with van der Waals surface area (Å²) in [5, 5.41) is 6.81. The molecule has 0 saturated heterocycles. The third-order valence-electron chi connectivity index (χ3n) is 12.5. The minimum Gasteiger partial charge on any atom is -0.456 e. The summed E-state index contributed by atoms with van der Waals surface area (Å²) in [5.41, 5.74) is 15.5. The van der Waals surface area contributed by atoms with Crippen LogP contribution in [0.15, 0.2) is 203 Å². The Bertz CT molecular complexity index is 3540. The molecule has 0 radical (unpaired) electrons. The predicted molar refractivity (Wildman–Crippen MR) is 240 cm³/mol. The SMILES string of the molecule is C1=CC2c3cc(-c4ccc5oc6c(ccc7c6c6ccccc6n7-c6cccc(-c7ccc8oc9ccccc9c8c7)c6)c5c4)ccc3N(c3ccccc3)C2C=C1. The summed E-state index contributed by atoms with van der Waals surface area (Å²) in [6.07, 6.45) is 9.05. The second kappa shape index (κ2) is 12.0. The summed E-state index contributed by atoms with van der Waals surface area (Å²) < 4.78 is 15.4. The van der Waals surface area contributed by atoms with E-state index in [1.807, 2.05) is 12.1 Å². The highest BCUT2D eigenvalue weighted by atomic mass is 16.3. The molecule has 58 heavy (non-hydrogen) atoms. The molecule has 4 heterocycles. The van der Waals surface area contributed by atoms with Gasteiger partial charge >= 0.3 is 0 Å². The van der Waals surface area contributed by atoms with Crippen molar-refractivity contribution in [3.63, 3.8) is 0 Å². The standard InChI is InChI=1S/C54H34N2O2/c1-2-12-37(13-3-1)55-46-18-7-4-15-39(46)43-30-34(21-25-48(43)55)36-23-28-52-45(32-36)41-24-26-49-53(54(41)58-52)42-17-5-8-19-47(42)56(49)38-14-10-11-33(29-38)35-22-27-51-44(31-35)40-16-6-9-20-50(40)57-51/h1-32,39,46H. The van der Waals surface area contributed by atoms with Crippen LogP contribution in [0.1, 0.15) is 11.5 Å². The highest BCUT2D eigenvalue weighted by Crippen LogP contribution is 2.49. The monoisotopic (exact) mass is 742 g/mol. The molecule has 1 aliphatic carbocycles. The average molecular weight is 743 g/mol. The first-order valence-electron chi connectivity index (χ1n) is 20.0. The maximum absolute atomic E-state index is 6.84. The number of nitrogens with zero attached hydrogens (tertiary/aromatic N) is 2. The number of aromatic nitrogens is 1. The van der Waals surface area contributed by atoms with E-state index in [4.69, 9.17) is 8.83 Å². The normalized spacial score (nSPS) is 16.1. The summed E-state index contributed by atoms with van der Waals surface area (Å²) in [4.78, 5) is 2.48. The highest BCUT2D eigenvalue weighted by Gasteiger charge is 2.37. The first-order chi connectivity index (χ1) is 28.7. The van der Waals surface area contributed by atoms with E-state index in [9.17, 15) is 0 Å². The summed E-state index contributed by atoms with van der Waals surface area (Å²) in [5.74, 6) is 0.297. The molecule has 0 N–H and O–H groups in total. The van der Waals surface area contributed by atoms with Gasteiger partial charge in [0.2, 0.25) is 0 Å². The van der Waals surface area contributed by atoms with Crippen molar-refractivity contribution in [3.8, 4) is 27.9 Å². The Balaban J connectivity index is 0.935. The van der Waals surface area contributed by atoms with E-state index in [2.05, 4.69) is 191 Å². The molecule has 0 amide bonds. The molecular weight excluding hydrogens is 709 g/mol. The number of fused-ring (bicyclic) bond motifs is 13. The Hall–Kier alpha value is -7.56. The fourth-order valence-electron chi connectivity index (χ4n) is 9.88. The lowest BCUT2D eigenvalue weighted by Gasteiger charge is -2.28. The van der Waals surface area contributed by atoms with E-state index in [1.54, 1.807) is 0 Å². The smallest absolute Gasteiger partial charge is 0.145 e. The molecule has 2 unspecified atom stereocenters. The van der Waals surface area contributed by atoms with E-state index >= 15 is 0 Å². The average Bonchev–Trinajstić information content (AvgIpc) is 4.03. The van der Waals surface area contributed by atoms with Gasteiger partial charge in [0.25, 0.3) is 0 Å². The fourth-order valence-corrected chi connectivity index (χ4v) is 9.88. The maximum atomic E-state index is 6.84. The number of hydrogen-bond acceptors (Lipinski definition) is 3. The van der Waals surface area contributed by atoms with Crippen LogP contribution >= 0.6 is 0 Å². The predicted octanol–water partition coefficient (Wildman–Crippen LogP) is 14.6. The van der Waals surface area contributed by atoms with Gasteiger partial charge in [-0.05, 0) is 113 Å². The lowest BCUT2D eigenvalue weighted by Crippen LogP contribution is -2.28. The zero-order valence-electron chi connectivity index (χ0n) is 31.3. The summed E-state index contributed by atoms with van der Waals surface area (Å²) >= 11 is 0. The minimum absolute atomic E-state index is 0.261. The molecule has 2 atom stereocenters. The van der Waals surface area contributed by atoms with Crippen LogP contribution in [0.5, 0.6) is 0 Å². The third kappa shape index (κ3) is 4.51. The fraction of sp³-hybridized carbons (Fsp3) is 0.0370. The van der Waals surface area contributed by atoms with Crippen molar-refractivity contribution in [1.82, 2.24) is 4.57 Å². The van der Waals surface area contributed by atoms with Crippen molar-refractivity contribution < 1.29 is 8.83 Å². The van der Waals surface area contributed by atoms with Crippen molar-refractivity contribution in [2.45, 2.75) is 12.0 Å². The van der Waals surface area contributed by atoms with Crippen LogP contribution in [0.4, 0.5) is 11.4 Å². The molecule has 8 aromatic carbocycles. The largest absolute Gasteiger partial charge is 0.456 e. The van der Waals surface area contributed by atoms with E-state index in [0.29, 0.717) is 5.92 Å². The third-order valence-corrected chi connectivity index (χ3v) is 12.5. The van der Waals surface area contributed by atoms with E-state index in [-0.39, 0.29) is 6.04 Å². The van der Waals surface area contributed by atoms with Crippen molar-refractivity contribution in [3.05, 3.63) is 200 Å². The molecule has 4 heteroatoms. The number of para-hydroxylation sites is 3. The van der Waals surface area contributed by atoms with Gasteiger partial charge in [-0.2, -0.15) is 0 Å². The Morgan fingerprint density at radius 3 is 1.97 bits per heavy atom. The second-order valence-electron chi connectivity index (χ2n) is 15.6. The molecule has 0 fully saturated rings. The van der Waals surface area contributed by atoms with Gasteiger partial charge in [-0.25, -0.2) is 0 Å². The van der Waals surface area contributed by atoms with Gasteiger partial charge in [-0.1, -0.05) is 109 Å². The summed E-state index contributed by atoms with van der Waals surface area (Å²) in [6, 6.07) is 61.5. The van der Waals surface area contributed by atoms with Gasteiger partial charge in [-0.3, -0.25) is 0 Å². The lowest BCUT2D eigenvalue weighted by atomic mass is 9.89. The zero-order chi connectivity index (χ0) is 37.9. The topological polar surface area (TPSA) is 34.5 Å². The van der Waals surface area contributed by atoms with Gasteiger partial charge in [0.05, 0.1) is 22.5 Å². The first-order valence-corrected chi connectivity index (χ1v) is 20.0. The molecule has 3 aromatic heterocycles. The number of hydrogen-bond donors (Lipinski definition) is 0. The van der Waals surface area contributed by atoms with Crippen molar-refractivity contribution in [2.24, 2.45) is 0 Å². The van der Waals surface area contributed by atoms with Gasteiger partial charge in [0, 0.05) is 49.9 Å². The molecule has 0 saturated carbocycles.